The zero-order chi connectivity index (χ0) is 27.2. The van der Waals surface area contributed by atoms with E-state index in [9.17, 15) is 28.4 Å². The first kappa shape index (κ1) is 30.1. The van der Waals surface area contributed by atoms with Crippen LogP contribution in [0.2, 0.25) is 0 Å². The van der Waals surface area contributed by atoms with Gasteiger partial charge in [0, 0.05) is 20.0 Å². The topological polar surface area (TPSA) is 160 Å². The van der Waals surface area contributed by atoms with Gasteiger partial charge in [0.15, 0.2) is 6.73 Å². The monoisotopic (exact) mass is 534 g/mol. The van der Waals surface area contributed by atoms with Crippen LogP contribution in [0.1, 0.15) is 45.8 Å². The summed E-state index contributed by atoms with van der Waals surface area (Å²) in [6, 6.07) is 0. The highest BCUT2D eigenvalue weighted by Crippen LogP contribution is 2.20. The maximum absolute atomic E-state index is 14.0. The fraction of sp³-hybridized carbons (Fsp3) is 0.682. The first-order valence-corrected chi connectivity index (χ1v) is 11.7. The molecule has 37 heavy (non-hydrogen) atoms. The van der Waals surface area contributed by atoms with Crippen LogP contribution in [0.3, 0.4) is 0 Å². The lowest BCUT2D eigenvalue weighted by Gasteiger charge is -2.17. The molecule has 1 aliphatic rings. The Morgan fingerprint density at radius 2 is 1.84 bits per heavy atom. The average Bonchev–Trinajstić information content (AvgIpc) is 3.37. The Bertz CT molecular complexity index is 1020. The molecule has 14 nitrogen and oxygen atoms in total. The highest BCUT2D eigenvalue weighted by atomic mass is 19.1. The number of rotatable bonds is 16. The molecule has 0 saturated carbocycles. The molecule has 2 heterocycles. The standard InChI is InChI=1S/C22H31FN2O12/c1-3-5-18(27)37-22(36-15(2)26)34-11-10-31-8-9-32-13-19(28)35-14-25-20(29)16(23)12-24(21(25)30)17-6-4-7-33-17/h12,17,22H,3-11,13-14H2,1-2H3. The number of ether oxygens (including phenoxy) is 7. The number of nitrogens with zero attached hydrogens (tertiary/aromatic N) is 2. The van der Waals surface area contributed by atoms with Gasteiger partial charge in [-0.05, 0) is 19.3 Å². The minimum atomic E-state index is -1.48. The van der Waals surface area contributed by atoms with E-state index in [0.717, 1.165) is 17.7 Å². The summed E-state index contributed by atoms with van der Waals surface area (Å²) in [4.78, 5) is 58.9. The van der Waals surface area contributed by atoms with Crippen molar-refractivity contribution in [2.75, 3.05) is 39.6 Å². The SMILES string of the molecule is CCCC(=O)OC(OCCOCCOCC(=O)OCn1c(=O)c(F)cn(C2CCCO2)c1=O)OC(C)=O. The van der Waals surface area contributed by atoms with Crippen LogP contribution in [0.4, 0.5) is 4.39 Å². The van der Waals surface area contributed by atoms with Gasteiger partial charge in [-0.25, -0.2) is 14.2 Å². The number of halogens is 1. The normalized spacial score (nSPS) is 15.8. The van der Waals surface area contributed by atoms with E-state index >= 15 is 0 Å². The second-order valence-corrected chi connectivity index (χ2v) is 7.69. The Balaban J connectivity index is 1.65. The number of aromatic nitrogens is 2. The van der Waals surface area contributed by atoms with Crippen LogP contribution in [0.15, 0.2) is 15.8 Å². The van der Waals surface area contributed by atoms with Crippen molar-refractivity contribution in [2.24, 2.45) is 0 Å². The molecule has 1 fully saturated rings. The molecule has 0 amide bonds. The number of hydrogen-bond donors (Lipinski definition) is 0. The largest absolute Gasteiger partial charge is 0.442 e. The molecule has 0 N–H and O–H groups in total. The van der Waals surface area contributed by atoms with Crippen molar-refractivity contribution in [3.05, 3.63) is 32.9 Å². The third-order valence-electron chi connectivity index (χ3n) is 4.74. The number of carbonyl (C=O) groups is 3. The molecule has 0 radical (unpaired) electrons. The van der Waals surface area contributed by atoms with Gasteiger partial charge >= 0.3 is 30.1 Å². The molecule has 1 aromatic heterocycles. The Morgan fingerprint density at radius 3 is 2.51 bits per heavy atom. The van der Waals surface area contributed by atoms with Gasteiger partial charge in [-0.15, -0.1) is 0 Å². The molecule has 2 atom stereocenters. The van der Waals surface area contributed by atoms with Crippen molar-refractivity contribution in [3.8, 4) is 0 Å². The molecule has 2 rings (SSSR count). The molecule has 0 aromatic carbocycles. The maximum Gasteiger partial charge on any atom is 0.365 e. The van der Waals surface area contributed by atoms with E-state index in [4.69, 9.17) is 33.2 Å². The van der Waals surface area contributed by atoms with Gasteiger partial charge in [-0.1, -0.05) is 6.92 Å². The Labute approximate surface area is 211 Å². The fourth-order valence-corrected chi connectivity index (χ4v) is 3.04. The van der Waals surface area contributed by atoms with Gasteiger partial charge in [0.05, 0.1) is 32.6 Å². The predicted octanol–water partition coefficient (Wildman–Crippen LogP) is 0.199. The summed E-state index contributed by atoms with van der Waals surface area (Å²) in [6.07, 6.45) is 1.96. The van der Waals surface area contributed by atoms with E-state index in [-0.39, 0.29) is 32.8 Å². The van der Waals surface area contributed by atoms with Crippen molar-refractivity contribution in [2.45, 2.75) is 59.0 Å². The van der Waals surface area contributed by atoms with Crippen LogP contribution in [-0.4, -0.2) is 73.2 Å². The van der Waals surface area contributed by atoms with Crippen LogP contribution in [0.5, 0.6) is 0 Å². The van der Waals surface area contributed by atoms with Crippen molar-refractivity contribution in [1.29, 1.82) is 0 Å². The Kier molecular flexibility index (Phi) is 12.9. The number of hydrogen-bond acceptors (Lipinski definition) is 12. The smallest absolute Gasteiger partial charge is 0.365 e. The van der Waals surface area contributed by atoms with Crippen LogP contribution in [-0.2, 0) is 54.3 Å². The van der Waals surface area contributed by atoms with Crippen molar-refractivity contribution in [1.82, 2.24) is 9.13 Å². The second kappa shape index (κ2) is 15.9. The summed E-state index contributed by atoms with van der Waals surface area (Å²) in [5.41, 5.74) is -2.08. The van der Waals surface area contributed by atoms with Gasteiger partial charge < -0.3 is 33.2 Å². The summed E-state index contributed by atoms with van der Waals surface area (Å²) in [5, 5.41) is 0. The summed E-state index contributed by atoms with van der Waals surface area (Å²) in [5.74, 6) is -3.33. The average molecular weight is 534 g/mol. The fourth-order valence-electron chi connectivity index (χ4n) is 3.04. The highest BCUT2D eigenvalue weighted by molar-refractivity contribution is 5.70. The molecule has 0 aliphatic carbocycles. The molecule has 208 valence electrons. The lowest BCUT2D eigenvalue weighted by Crippen LogP contribution is -2.43. The van der Waals surface area contributed by atoms with Gasteiger partial charge in [0.25, 0.3) is 5.56 Å². The molecule has 1 aliphatic heterocycles. The molecule has 1 aromatic rings. The van der Waals surface area contributed by atoms with E-state index in [1.807, 2.05) is 0 Å². The van der Waals surface area contributed by atoms with Gasteiger partial charge in [0.1, 0.15) is 12.8 Å². The van der Waals surface area contributed by atoms with Crippen molar-refractivity contribution in [3.63, 3.8) is 0 Å². The molecule has 2 unspecified atom stereocenters. The minimum Gasteiger partial charge on any atom is -0.442 e. The molecule has 15 heteroatoms. The predicted molar refractivity (Wildman–Crippen MR) is 119 cm³/mol. The quantitative estimate of drug-likeness (QED) is 0.161. The number of esters is 3. The van der Waals surface area contributed by atoms with Crippen LogP contribution >= 0.6 is 0 Å². The van der Waals surface area contributed by atoms with E-state index < -0.39 is 61.0 Å². The minimum absolute atomic E-state index is 0.0142. The van der Waals surface area contributed by atoms with Gasteiger partial charge in [0.2, 0.25) is 5.82 Å². The first-order valence-electron chi connectivity index (χ1n) is 11.7. The molecular formula is C22H31FN2O12. The van der Waals surface area contributed by atoms with E-state index in [1.165, 1.54) is 0 Å². The van der Waals surface area contributed by atoms with E-state index in [0.29, 0.717) is 30.4 Å². The Morgan fingerprint density at radius 1 is 1.11 bits per heavy atom. The zero-order valence-electron chi connectivity index (χ0n) is 20.7. The molecule has 0 spiro atoms. The van der Waals surface area contributed by atoms with Crippen molar-refractivity contribution < 1.29 is 51.9 Å². The lowest BCUT2D eigenvalue weighted by molar-refractivity contribution is -0.267. The van der Waals surface area contributed by atoms with Crippen LogP contribution in [0, 0.1) is 5.82 Å². The Hall–Kier alpha value is -3.14. The van der Waals surface area contributed by atoms with Crippen molar-refractivity contribution >= 4 is 17.9 Å². The number of carbonyl (C=O) groups excluding carboxylic acids is 3. The third-order valence-corrected chi connectivity index (χ3v) is 4.74. The zero-order valence-corrected chi connectivity index (χ0v) is 20.7. The van der Waals surface area contributed by atoms with Crippen LogP contribution in [0.25, 0.3) is 0 Å². The summed E-state index contributed by atoms with van der Waals surface area (Å²) in [7, 11) is 0. The maximum atomic E-state index is 14.0. The second-order valence-electron chi connectivity index (χ2n) is 7.69. The highest BCUT2D eigenvalue weighted by Gasteiger charge is 2.22. The molecular weight excluding hydrogens is 503 g/mol. The first-order chi connectivity index (χ1) is 17.7. The lowest BCUT2D eigenvalue weighted by atomic mass is 10.3. The molecule has 1 saturated heterocycles. The van der Waals surface area contributed by atoms with E-state index in [1.54, 1.807) is 6.92 Å². The van der Waals surface area contributed by atoms with Gasteiger partial charge in [-0.3, -0.25) is 19.0 Å². The molecule has 0 bridgehead atoms. The van der Waals surface area contributed by atoms with Gasteiger partial charge in [-0.2, -0.15) is 4.39 Å². The summed E-state index contributed by atoms with van der Waals surface area (Å²) < 4.78 is 50.7. The summed E-state index contributed by atoms with van der Waals surface area (Å²) >= 11 is 0. The third kappa shape index (κ3) is 10.4. The summed E-state index contributed by atoms with van der Waals surface area (Å²) in [6.45, 7) is 0.572. The van der Waals surface area contributed by atoms with Crippen LogP contribution < -0.4 is 11.2 Å². The van der Waals surface area contributed by atoms with E-state index in [2.05, 4.69) is 0 Å².